The van der Waals surface area contributed by atoms with Gasteiger partial charge in [0.2, 0.25) is 5.91 Å². The minimum Gasteiger partial charge on any atom is -0.482 e. The predicted octanol–water partition coefficient (Wildman–Crippen LogP) is 4.25. The average molecular weight is 467 g/mol. The van der Waals surface area contributed by atoms with Crippen LogP contribution in [0.15, 0.2) is 84.9 Å². The summed E-state index contributed by atoms with van der Waals surface area (Å²) in [5, 5.41) is 3.28. The number of ether oxygens (including phenoxy) is 2. The number of nitrogens with one attached hydrogen (secondary N) is 1. The molecule has 172 valence electrons. The fourth-order valence-electron chi connectivity index (χ4n) is 3.37. The van der Waals surface area contributed by atoms with Gasteiger partial charge < -0.3 is 19.7 Å². The van der Waals surface area contributed by atoms with Crippen molar-refractivity contribution in [3.8, 4) is 5.75 Å². The van der Waals surface area contributed by atoms with Crippen LogP contribution in [0.3, 0.4) is 0 Å². The molecule has 0 aliphatic rings. The summed E-state index contributed by atoms with van der Waals surface area (Å²) in [7, 11) is 1.57. The zero-order valence-electron chi connectivity index (χ0n) is 18.4. The van der Waals surface area contributed by atoms with Gasteiger partial charge in [0.1, 0.15) is 11.8 Å². The largest absolute Gasteiger partial charge is 0.482 e. The first-order valence-corrected chi connectivity index (χ1v) is 11.0. The van der Waals surface area contributed by atoms with Crippen molar-refractivity contribution >= 4 is 23.4 Å². The van der Waals surface area contributed by atoms with Gasteiger partial charge in [-0.1, -0.05) is 84.4 Å². The summed E-state index contributed by atoms with van der Waals surface area (Å²) >= 11 is 6.17. The molecule has 33 heavy (non-hydrogen) atoms. The van der Waals surface area contributed by atoms with Crippen LogP contribution in [0.5, 0.6) is 5.75 Å². The normalized spacial score (nSPS) is 11.5. The van der Waals surface area contributed by atoms with Gasteiger partial charge in [-0.05, 0) is 23.3 Å². The topological polar surface area (TPSA) is 67.9 Å². The third kappa shape index (κ3) is 7.07. The highest BCUT2D eigenvalue weighted by atomic mass is 35.5. The summed E-state index contributed by atoms with van der Waals surface area (Å²) in [6.07, 6.45) is 0. The SMILES string of the molecule is COCCNC(=O)[C@@H](c1ccccc1)N(Cc1ccccc1)C(=O)COc1ccccc1Cl. The number of amides is 2. The van der Waals surface area contributed by atoms with Gasteiger partial charge in [-0.25, -0.2) is 0 Å². The van der Waals surface area contributed by atoms with Gasteiger partial charge in [-0.3, -0.25) is 9.59 Å². The maximum atomic E-state index is 13.4. The van der Waals surface area contributed by atoms with Crippen molar-refractivity contribution in [1.29, 1.82) is 0 Å². The van der Waals surface area contributed by atoms with Crippen molar-refractivity contribution < 1.29 is 19.1 Å². The third-order valence-corrected chi connectivity index (χ3v) is 5.30. The zero-order chi connectivity index (χ0) is 23.5. The predicted molar refractivity (Wildman–Crippen MR) is 128 cm³/mol. The molecule has 6 nitrogen and oxygen atoms in total. The van der Waals surface area contributed by atoms with Gasteiger partial charge in [-0.2, -0.15) is 0 Å². The molecular formula is C26H27ClN2O4. The van der Waals surface area contributed by atoms with Gasteiger partial charge >= 0.3 is 0 Å². The van der Waals surface area contributed by atoms with E-state index in [9.17, 15) is 9.59 Å². The van der Waals surface area contributed by atoms with Crippen LogP contribution in [0.25, 0.3) is 0 Å². The number of carbonyl (C=O) groups is 2. The molecule has 3 rings (SSSR count). The van der Waals surface area contributed by atoms with Crippen molar-refractivity contribution in [2.75, 3.05) is 26.9 Å². The Labute approximate surface area is 199 Å². The third-order valence-electron chi connectivity index (χ3n) is 4.98. The Hall–Kier alpha value is -3.35. The van der Waals surface area contributed by atoms with Crippen LogP contribution in [-0.4, -0.2) is 43.6 Å². The summed E-state index contributed by atoms with van der Waals surface area (Å²) in [6.45, 7) is 0.686. The molecule has 0 unspecified atom stereocenters. The molecule has 0 saturated heterocycles. The lowest BCUT2D eigenvalue weighted by atomic mass is 10.0. The van der Waals surface area contributed by atoms with Gasteiger partial charge in [0.05, 0.1) is 11.6 Å². The number of hydrogen-bond donors (Lipinski definition) is 1. The Morgan fingerprint density at radius 1 is 0.939 bits per heavy atom. The Morgan fingerprint density at radius 2 is 1.58 bits per heavy atom. The molecule has 7 heteroatoms. The van der Waals surface area contributed by atoms with Gasteiger partial charge in [0.15, 0.2) is 6.61 Å². The summed E-state index contributed by atoms with van der Waals surface area (Å²) in [6, 6.07) is 24.9. The van der Waals surface area contributed by atoms with E-state index in [1.807, 2.05) is 60.7 Å². The molecule has 0 aliphatic carbocycles. The molecule has 0 fully saturated rings. The van der Waals surface area contributed by atoms with E-state index >= 15 is 0 Å². The minimum atomic E-state index is -0.842. The fourth-order valence-corrected chi connectivity index (χ4v) is 3.56. The first-order valence-electron chi connectivity index (χ1n) is 10.6. The maximum absolute atomic E-state index is 13.4. The monoisotopic (exact) mass is 466 g/mol. The van der Waals surface area contributed by atoms with Crippen LogP contribution < -0.4 is 10.1 Å². The first kappa shape index (κ1) is 24.3. The molecular weight excluding hydrogens is 440 g/mol. The molecule has 0 bridgehead atoms. The lowest BCUT2D eigenvalue weighted by Gasteiger charge is -2.31. The van der Waals surface area contributed by atoms with Gasteiger partial charge in [0, 0.05) is 20.2 Å². The zero-order valence-corrected chi connectivity index (χ0v) is 19.2. The average Bonchev–Trinajstić information content (AvgIpc) is 2.84. The molecule has 0 aromatic heterocycles. The molecule has 3 aromatic carbocycles. The molecule has 0 spiro atoms. The van der Waals surface area contributed by atoms with Crippen molar-refractivity contribution in [2.45, 2.75) is 12.6 Å². The Kier molecular flexibility index (Phi) is 9.30. The second-order valence-corrected chi connectivity index (χ2v) is 7.73. The summed E-state index contributed by atoms with van der Waals surface area (Å²) in [4.78, 5) is 28.2. The van der Waals surface area contributed by atoms with E-state index in [-0.39, 0.29) is 25.0 Å². The number of halogens is 1. The van der Waals surface area contributed by atoms with Crippen LogP contribution in [0.4, 0.5) is 0 Å². The van der Waals surface area contributed by atoms with Crippen LogP contribution in [0.2, 0.25) is 5.02 Å². The van der Waals surface area contributed by atoms with E-state index in [4.69, 9.17) is 21.1 Å². The number of para-hydroxylation sites is 1. The van der Waals surface area contributed by atoms with Crippen molar-refractivity contribution in [3.63, 3.8) is 0 Å². The molecule has 1 N–H and O–H groups in total. The van der Waals surface area contributed by atoms with Gasteiger partial charge in [0.25, 0.3) is 5.91 Å². The second-order valence-electron chi connectivity index (χ2n) is 7.32. The number of rotatable bonds is 11. The Balaban J connectivity index is 1.90. The van der Waals surface area contributed by atoms with Crippen LogP contribution >= 0.6 is 11.6 Å². The van der Waals surface area contributed by atoms with Gasteiger partial charge in [-0.15, -0.1) is 0 Å². The first-order chi connectivity index (χ1) is 16.1. The molecule has 0 aliphatic heterocycles. The highest BCUT2D eigenvalue weighted by Crippen LogP contribution is 2.26. The highest BCUT2D eigenvalue weighted by Gasteiger charge is 2.31. The molecule has 0 heterocycles. The quantitative estimate of drug-likeness (QED) is 0.429. The number of methoxy groups -OCH3 is 1. The highest BCUT2D eigenvalue weighted by molar-refractivity contribution is 6.32. The maximum Gasteiger partial charge on any atom is 0.261 e. The lowest BCUT2D eigenvalue weighted by Crippen LogP contribution is -2.45. The van der Waals surface area contributed by atoms with Crippen LogP contribution in [0.1, 0.15) is 17.2 Å². The van der Waals surface area contributed by atoms with E-state index < -0.39 is 6.04 Å². The van der Waals surface area contributed by atoms with E-state index in [0.29, 0.717) is 29.5 Å². The molecule has 1 atom stereocenters. The fraction of sp³-hybridized carbons (Fsp3) is 0.231. The number of carbonyl (C=O) groups excluding carboxylic acids is 2. The standard InChI is InChI=1S/C26H27ClN2O4/c1-32-17-16-28-26(31)25(21-12-6-3-7-13-21)29(18-20-10-4-2-5-11-20)24(30)19-33-23-15-9-8-14-22(23)27/h2-15,25H,16-19H2,1H3,(H,28,31)/t25-/m1/s1. The van der Waals surface area contributed by atoms with Crippen molar-refractivity contribution in [2.24, 2.45) is 0 Å². The molecule has 3 aromatic rings. The smallest absolute Gasteiger partial charge is 0.261 e. The van der Waals surface area contributed by atoms with Crippen LogP contribution in [-0.2, 0) is 20.9 Å². The summed E-state index contributed by atoms with van der Waals surface area (Å²) in [5.74, 6) is -0.220. The number of hydrogen-bond acceptors (Lipinski definition) is 4. The Bertz CT molecular complexity index is 1030. The van der Waals surface area contributed by atoms with Crippen molar-refractivity contribution in [3.05, 3.63) is 101 Å². The van der Waals surface area contributed by atoms with Crippen molar-refractivity contribution in [1.82, 2.24) is 10.2 Å². The molecule has 0 saturated carbocycles. The second kappa shape index (κ2) is 12.6. The number of nitrogens with zero attached hydrogens (tertiary/aromatic N) is 1. The van der Waals surface area contributed by atoms with E-state index in [1.54, 1.807) is 31.4 Å². The molecule has 2 amide bonds. The van der Waals surface area contributed by atoms with E-state index in [0.717, 1.165) is 5.56 Å². The summed E-state index contributed by atoms with van der Waals surface area (Å²) in [5.41, 5.74) is 1.60. The van der Waals surface area contributed by atoms with Crippen LogP contribution in [0, 0.1) is 0 Å². The number of benzene rings is 3. The lowest BCUT2D eigenvalue weighted by molar-refractivity contribution is -0.143. The minimum absolute atomic E-state index is 0.239. The Morgan fingerprint density at radius 3 is 2.24 bits per heavy atom. The van der Waals surface area contributed by atoms with E-state index in [1.165, 1.54) is 4.90 Å². The molecule has 0 radical (unpaired) electrons. The van der Waals surface area contributed by atoms with E-state index in [2.05, 4.69) is 5.32 Å². The summed E-state index contributed by atoms with van der Waals surface area (Å²) < 4.78 is 10.8.